The third-order valence-corrected chi connectivity index (χ3v) is 3.77. The maximum atomic E-state index is 5.57. The van der Waals surface area contributed by atoms with E-state index in [4.69, 9.17) is 4.74 Å². The van der Waals surface area contributed by atoms with Gasteiger partial charge >= 0.3 is 0 Å². The molecule has 0 fully saturated rings. The smallest absolute Gasteiger partial charge is 0.119 e. The highest BCUT2D eigenvalue weighted by molar-refractivity contribution is 7.99. The number of benzene rings is 1. The summed E-state index contributed by atoms with van der Waals surface area (Å²) in [6, 6.07) is 8.94. The third kappa shape index (κ3) is 6.31. The zero-order chi connectivity index (χ0) is 13.2. The zero-order valence-electron chi connectivity index (χ0n) is 11.7. The Bertz CT molecular complexity index is 313. The number of rotatable bonds is 9. The molecule has 1 N–H and O–H groups in total. The lowest BCUT2D eigenvalue weighted by atomic mass is 10.2. The van der Waals surface area contributed by atoms with Crippen molar-refractivity contribution in [3.63, 3.8) is 0 Å². The molecule has 102 valence electrons. The Balaban J connectivity index is 2.30. The fraction of sp³-hybridized carbons (Fsp3) is 0.600. The van der Waals surface area contributed by atoms with Gasteiger partial charge in [0.2, 0.25) is 0 Å². The monoisotopic (exact) mass is 267 g/mol. The SMILES string of the molecule is CCCOc1ccc(CNC(C)CSCC)cc1. The van der Waals surface area contributed by atoms with Gasteiger partial charge in [-0.3, -0.25) is 0 Å². The molecule has 0 heterocycles. The fourth-order valence-corrected chi connectivity index (χ4v) is 2.28. The maximum Gasteiger partial charge on any atom is 0.119 e. The molecule has 0 amide bonds. The molecule has 1 rings (SSSR count). The number of hydrogen-bond donors (Lipinski definition) is 1. The van der Waals surface area contributed by atoms with Crippen LogP contribution in [0.4, 0.5) is 0 Å². The Morgan fingerprint density at radius 1 is 1.22 bits per heavy atom. The van der Waals surface area contributed by atoms with Crippen LogP contribution in [0.2, 0.25) is 0 Å². The summed E-state index contributed by atoms with van der Waals surface area (Å²) in [4.78, 5) is 0. The molecule has 0 saturated heterocycles. The van der Waals surface area contributed by atoms with Crippen LogP contribution in [0.1, 0.15) is 32.8 Å². The van der Waals surface area contributed by atoms with Gasteiger partial charge in [-0.25, -0.2) is 0 Å². The van der Waals surface area contributed by atoms with Crippen molar-refractivity contribution < 1.29 is 4.74 Å². The van der Waals surface area contributed by atoms with E-state index in [1.165, 1.54) is 17.1 Å². The summed E-state index contributed by atoms with van der Waals surface area (Å²) in [6.45, 7) is 8.28. The van der Waals surface area contributed by atoms with Gasteiger partial charge < -0.3 is 10.1 Å². The van der Waals surface area contributed by atoms with Gasteiger partial charge in [0.25, 0.3) is 0 Å². The molecular weight excluding hydrogens is 242 g/mol. The molecule has 0 aliphatic heterocycles. The van der Waals surface area contributed by atoms with E-state index >= 15 is 0 Å². The summed E-state index contributed by atoms with van der Waals surface area (Å²) in [5, 5.41) is 3.53. The standard InChI is InChI=1S/C15H25NOS/c1-4-10-17-15-8-6-14(7-9-15)11-16-13(3)12-18-5-2/h6-9,13,16H,4-5,10-12H2,1-3H3. The molecule has 18 heavy (non-hydrogen) atoms. The topological polar surface area (TPSA) is 21.3 Å². The van der Waals surface area contributed by atoms with Gasteiger partial charge in [0.15, 0.2) is 0 Å². The molecule has 0 radical (unpaired) electrons. The van der Waals surface area contributed by atoms with Crippen molar-refractivity contribution in [1.82, 2.24) is 5.32 Å². The second-order valence-corrected chi connectivity index (χ2v) is 5.75. The molecule has 0 saturated carbocycles. The summed E-state index contributed by atoms with van der Waals surface area (Å²) in [5.41, 5.74) is 1.31. The Kier molecular flexibility index (Phi) is 7.94. The van der Waals surface area contributed by atoms with Crippen LogP contribution in [0.3, 0.4) is 0 Å². The highest BCUT2D eigenvalue weighted by Crippen LogP contribution is 2.12. The normalized spacial score (nSPS) is 12.4. The van der Waals surface area contributed by atoms with Crippen LogP contribution in [-0.2, 0) is 6.54 Å². The minimum Gasteiger partial charge on any atom is -0.494 e. The van der Waals surface area contributed by atoms with E-state index in [2.05, 4.69) is 50.4 Å². The van der Waals surface area contributed by atoms with Gasteiger partial charge in [-0.05, 0) is 36.8 Å². The van der Waals surface area contributed by atoms with Gasteiger partial charge in [-0.1, -0.05) is 26.0 Å². The van der Waals surface area contributed by atoms with Crippen molar-refractivity contribution in [2.75, 3.05) is 18.1 Å². The molecule has 0 spiro atoms. The molecule has 1 aromatic rings. The molecule has 2 nitrogen and oxygen atoms in total. The van der Waals surface area contributed by atoms with Crippen molar-refractivity contribution in [1.29, 1.82) is 0 Å². The van der Waals surface area contributed by atoms with E-state index < -0.39 is 0 Å². The third-order valence-electron chi connectivity index (χ3n) is 2.62. The zero-order valence-corrected chi connectivity index (χ0v) is 12.6. The second kappa shape index (κ2) is 9.29. The number of ether oxygens (including phenoxy) is 1. The van der Waals surface area contributed by atoms with Crippen LogP contribution < -0.4 is 10.1 Å². The van der Waals surface area contributed by atoms with E-state index in [0.29, 0.717) is 6.04 Å². The van der Waals surface area contributed by atoms with E-state index in [9.17, 15) is 0 Å². The summed E-state index contributed by atoms with van der Waals surface area (Å²) >= 11 is 1.98. The van der Waals surface area contributed by atoms with E-state index in [-0.39, 0.29) is 0 Å². The van der Waals surface area contributed by atoms with Crippen LogP contribution in [0, 0.1) is 0 Å². The molecule has 1 aromatic carbocycles. The van der Waals surface area contributed by atoms with E-state index in [0.717, 1.165) is 25.3 Å². The Morgan fingerprint density at radius 3 is 2.56 bits per heavy atom. The largest absolute Gasteiger partial charge is 0.494 e. The Labute approximate surface area is 116 Å². The fourth-order valence-electron chi connectivity index (χ4n) is 1.57. The first kappa shape index (κ1) is 15.4. The maximum absolute atomic E-state index is 5.57. The number of nitrogens with one attached hydrogen (secondary N) is 1. The van der Waals surface area contributed by atoms with Crippen LogP contribution in [-0.4, -0.2) is 24.2 Å². The highest BCUT2D eigenvalue weighted by atomic mass is 32.2. The lowest BCUT2D eigenvalue weighted by Crippen LogP contribution is -2.27. The van der Waals surface area contributed by atoms with Gasteiger partial charge in [-0.2, -0.15) is 11.8 Å². The number of thioether (sulfide) groups is 1. The first-order chi connectivity index (χ1) is 8.76. The average Bonchev–Trinajstić information content (AvgIpc) is 2.41. The highest BCUT2D eigenvalue weighted by Gasteiger charge is 2.01. The summed E-state index contributed by atoms with van der Waals surface area (Å²) < 4.78 is 5.57. The molecule has 0 aliphatic carbocycles. The summed E-state index contributed by atoms with van der Waals surface area (Å²) in [7, 11) is 0. The van der Waals surface area contributed by atoms with Gasteiger partial charge in [0, 0.05) is 18.3 Å². The number of hydrogen-bond acceptors (Lipinski definition) is 3. The van der Waals surface area contributed by atoms with Crippen LogP contribution >= 0.6 is 11.8 Å². The Morgan fingerprint density at radius 2 is 1.94 bits per heavy atom. The quantitative estimate of drug-likeness (QED) is 0.737. The average molecular weight is 267 g/mol. The predicted octanol–water partition coefficient (Wildman–Crippen LogP) is 3.71. The molecule has 0 bridgehead atoms. The lowest BCUT2D eigenvalue weighted by Gasteiger charge is -2.13. The minimum atomic E-state index is 0.561. The van der Waals surface area contributed by atoms with Crippen molar-refractivity contribution in [2.45, 2.75) is 39.8 Å². The first-order valence-electron chi connectivity index (χ1n) is 6.79. The van der Waals surface area contributed by atoms with Crippen molar-refractivity contribution in [3.05, 3.63) is 29.8 Å². The molecule has 1 atom stereocenters. The summed E-state index contributed by atoms with van der Waals surface area (Å²) in [6.07, 6.45) is 1.05. The molecule has 3 heteroatoms. The molecule has 0 aromatic heterocycles. The van der Waals surface area contributed by atoms with Crippen molar-refractivity contribution >= 4 is 11.8 Å². The molecular formula is C15H25NOS. The molecule has 1 unspecified atom stereocenters. The minimum absolute atomic E-state index is 0.561. The van der Waals surface area contributed by atoms with Crippen LogP contribution in [0.5, 0.6) is 5.75 Å². The lowest BCUT2D eigenvalue weighted by molar-refractivity contribution is 0.317. The van der Waals surface area contributed by atoms with Gasteiger partial charge in [0.1, 0.15) is 5.75 Å². The van der Waals surface area contributed by atoms with Crippen LogP contribution in [0.15, 0.2) is 24.3 Å². The van der Waals surface area contributed by atoms with Crippen LogP contribution in [0.25, 0.3) is 0 Å². The second-order valence-electron chi connectivity index (χ2n) is 4.43. The van der Waals surface area contributed by atoms with Crippen molar-refractivity contribution in [3.8, 4) is 5.75 Å². The van der Waals surface area contributed by atoms with Gasteiger partial charge in [0.05, 0.1) is 6.61 Å². The predicted molar refractivity (Wildman–Crippen MR) is 81.5 cm³/mol. The van der Waals surface area contributed by atoms with Gasteiger partial charge in [-0.15, -0.1) is 0 Å². The van der Waals surface area contributed by atoms with Crippen molar-refractivity contribution in [2.24, 2.45) is 0 Å². The summed E-state index contributed by atoms with van der Waals surface area (Å²) in [5.74, 6) is 3.33. The Hall–Kier alpha value is -0.670. The van der Waals surface area contributed by atoms with E-state index in [1.807, 2.05) is 11.8 Å². The molecule has 0 aliphatic rings. The first-order valence-corrected chi connectivity index (χ1v) is 7.94. The van der Waals surface area contributed by atoms with E-state index in [1.54, 1.807) is 0 Å².